The van der Waals surface area contributed by atoms with Crippen LogP contribution in [0.4, 0.5) is 0 Å². The van der Waals surface area contributed by atoms with Gasteiger partial charge in [-0.2, -0.15) is 5.10 Å². The predicted molar refractivity (Wildman–Crippen MR) is 192 cm³/mol. The summed E-state index contributed by atoms with van der Waals surface area (Å²) in [6, 6.07) is 6.42. The molecule has 0 radical (unpaired) electrons. The number of aromatic nitrogens is 3. The third kappa shape index (κ3) is 7.90. The summed E-state index contributed by atoms with van der Waals surface area (Å²) in [5, 5.41) is 10.5. The summed E-state index contributed by atoms with van der Waals surface area (Å²) in [5.41, 5.74) is 0.985. The Morgan fingerprint density at radius 2 is 1.92 bits per heavy atom. The van der Waals surface area contributed by atoms with Crippen molar-refractivity contribution in [1.29, 1.82) is 0 Å². The quantitative estimate of drug-likeness (QED) is 0.255. The lowest BCUT2D eigenvalue weighted by molar-refractivity contribution is -0.132. The van der Waals surface area contributed by atoms with Gasteiger partial charge in [-0.15, -0.1) is 0 Å². The van der Waals surface area contributed by atoms with E-state index in [-0.39, 0.29) is 43.6 Å². The number of sulfonamides is 1. The number of benzene rings is 1. The maximum absolute atomic E-state index is 13.9. The molecule has 3 atom stereocenters. The van der Waals surface area contributed by atoms with Gasteiger partial charge in [-0.25, -0.2) is 18.1 Å². The van der Waals surface area contributed by atoms with Crippen molar-refractivity contribution in [2.45, 2.75) is 108 Å². The molecule has 0 unspecified atom stereocenters. The maximum Gasteiger partial charge on any atom is 0.259 e. The predicted octanol–water partition coefficient (Wildman–Crippen LogP) is 4.51. The number of rotatable bonds is 10. The minimum atomic E-state index is -3.87. The molecular formula is C37H48N6O7S. The third-order valence-corrected chi connectivity index (χ3v) is 12.1. The van der Waals surface area contributed by atoms with Crippen molar-refractivity contribution in [3.05, 3.63) is 53.9 Å². The zero-order valence-electron chi connectivity index (χ0n) is 29.7. The van der Waals surface area contributed by atoms with Crippen LogP contribution in [-0.2, 0) is 24.4 Å². The van der Waals surface area contributed by atoms with Crippen LogP contribution in [-0.4, -0.2) is 71.5 Å². The number of allylic oxidation sites excluding steroid dienone is 1. The second-order valence-corrected chi connectivity index (χ2v) is 16.2. The van der Waals surface area contributed by atoms with Gasteiger partial charge >= 0.3 is 0 Å². The van der Waals surface area contributed by atoms with Crippen LogP contribution in [0.15, 0.2) is 42.6 Å². The summed E-state index contributed by atoms with van der Waals surface area (Å²) >= 11 is 0. The zero-order valence-corrected chi connectivity index (χ0v) is 30.6. The minimum absolute atomic E-state index is 0.0386. The molecule has 2 saturated carbocycles. The molecule has 0 bridgehead atoms. The first-order valence-corrected chi connectivity index (χ1v) is 19.5. The van der Waals surface area contributed by atoms with E-state index in [9.17, 15) is 22.8 Å². The Morgan fingerprint density at radius 1 is 1.12 bits per heavy atom. The van der Waals surface area contributed by atoms with E-state index in [1.165, 1.54) is 0 Å². The van der Waals surface area contributed by atoms with Crippen molar-refractivity contribution in [3.8, 4) is 17.3 Å². The summed E-state index contributed by atoms with van der Waals surface area (Å²) in [5.74, 6) is -0.00536. The van der Waals surface area contributed by atoms with E-state index in [1.54, 1.807) is 17.9 Å². The van der Waals surface area contributed by atoms with E-state index >= 15 is 0 Å². The van der Waals surface area contributed by atoms with Crippen LogP contribution in [0.2, 0.25) is 0 Å². The molecule has 14 heteroatoms. The van der Waals surface area contributed by atoms with Gasteiger partial charge in [0.1, 0.15) is 23.1 Å². The number of ether oxygens (including phenoxy) is 2. The summed E-state index contributed by atoms with van der Waals surface area (Å²) in [6.45, 7) is 6.09. The molecule has 3 N–H and O–H groups in total. The van der Waals surface area contributed by atoms with Gasteiger partial charge in [0, 0.05) is 42.0 Å². The van der Waals surface area contributed by atoms with Gasteiger partial charge in [-0.1, -0.05) is 38.8 Å². The molecule has 0 spiro atoms. The number of pyridine rings is 1. The molecule has 2 aliphatic carbocycles. The van der Waals surface area contributed by atoms with Gasteiger partial charge in [0.2, 0.25) is 21.8 Å². The normalized spacial score (nSPS) is 23.1. The lowest BCUT2D eigenvalue weighted by atomic mass is 10.0. The van der Waals surface area contributed by atoms with Crippen molar-refractivity contribution < 1.29 is 32.3 Å². The first-order chi connectivity index (χ1) is 24.4. The summed E-state index contributed by atoms with van der Waals surface area (Å²) < 4.78 is 41.7. The largest absolute Gasteiger partial charge is 0.496 e. The van der Waals surface area contributed by atoms with Gasteiger partial charge in [0.05, 0.1) is 30.2 Å². The number of nitrogens with one attached hydrogen (secondary N) is 3. The summed E-state index contributed by atoms with van der Waals surface area (Å²) in [4.78, 5) is 45.5. The number of hydrogen-bond donors (Lipinski definition) is 3. The Bertz CT molecular complexity index is 1940. The van der Waals surface area contributed by atoms with Crippen molar-refractivity contribution in [3.63, 3.8) is 0 Å². The lowest BCUT2D eigenvalue weighted by Gasteiger charge is -2.28. The van der Waals surface area contributed by atoms with Crippen LogP contribution in [0.25, 0.3) is 16.7 Å². The molecule has 0 saturated heterocycles. The monoisotopic (exact) mass is 720 g/mol. The van der Waals surface area contributed by atoms with Crippen molar-refractivity contribution >= 4 is 38.6 Å². The number of hydrogen-bond acceptors (Lipinski definition) is 9. The molecule has 3 amide bonds. The number of methoxy groups -OCH3 is 1. The molecule has 3 aromatic rings. The highest BCUT2D eigenvalue weighted by Gasteiger charge is 2.61. The van der Waals surface area contributed by atoms with Crippen LogP contribution in [0.3, 0.4) is 0 Å². The van der Waals surface area contributed by atoms with Gasteiger partial charge in [0.15, 0.2) is 5.82 Å². The SMILES string of the molecule is COc1ccc2c(OCC[C@@H]3NC(=O)CCCCCC=C[C@@H]4C[C@@]4(C(=O)NS(=O)(=O)C4CCC4)NC3=O)cc(-n3ccc(C(C)C)n3)nc2c1C. The van der Waals surface area contributed by atoms with E-state index in [0.29, 0.717) is 42.1 Å². The molecule has 51 heavy (non-hydrogen) atoms. The Labute approximate surface area is 299 Å². The van der Waals surface area contributed by atoms with Crippen LogP contribution in [0.5, 0.6) is 11.5 Å². The van der Waals surface area contributed by atoms with E-state index < -0.39 is 38.7 Å². The third-order valence-electron chi connectivity index (χ3n) is 10.2. The van der Waals surface area contributed by atoms with Gasteiger partial charge < -0.3 is 20.1 Å². The van der Waals surface area contributed by atoms with E-state index in [4.69, 9.17) is 19.6 Å². The fourth-order valence-electron chi connectivity index (χ4n) is 6.68. The highest BCUT2D eigenvalue weighted by Crippen LogP contribution is 2.45. The van der Waals surface area contributed by atoms with Crippen molar-refractivity contribution in [1.82, 2.24) is 30.1 Å². The fourth-order valence-corrected chi connectivity index (χ4v) is 8.24. The highest BCUT2D eigenvalue weighted by molar-refractivity contribution is 7.90. The first kappa shape index (κ1) is 36.3. The molecule has 3 heterocycles. The Hall–Kier alpha value is -4.46. The zero-order chi connectivity index (χ0) is 36.3. The smallest absolute Gasteiger partial charge is 0.259 e. The second-order valence-electron chi connectivity index (χ2n) is 14.2. The van der Waals surface area contributed by atoms with Crippen LogP contribution in [0, 0.1) is 12.8 Å². The number of carbonyl (C=O) groups excluding carboxylic acids is 3. The fraction of sp³-hybridized carbons (Fsp3) is 0.541. The lowest BCUT2D eigenvalue weighted by Crippen LogP contribution is -2.58. The second kappa shape index (κ2) is 15.0. The number of nitrogens with zero attached hydrogens (tertiary/aromatic N) is 3. The average molecular weight is 721 g/mol. The molecular weight excluding hydrogens is 673 g/mol. The molecule has 2 aromatic heterocycles. The van der Waals surface area contributed by atoms with Crippen LogP contribution < -0.4 is 24.8 Å². The van der Waals surface area contributed by atoms with E-state index in [2.05, 4.69) is 29.2 Å². The Balaban J connectivity index is 1.25. The average Bonchev–Trinajstić information content (AvgIpc) is 3.51. The van der Waals surface area contributed by atoms with Crippen molar-refractivity contribution in [2.24, 2.45) is 5.92 Å². The topological polar surface area (TPSA) is 171 Å². The van der Waals surface area contributed by atoms with Crippen LogP contribution in [0.1, 0.15) is 95.2 Å². The molecule has 13 nitrogen and oxygen atoms in total. The first-order valence-electron chi connectivity index (χ1n) is 17.9. The van der Waals surface area contributed by atoms with E-state index in [0.717, 1.165) is 42.3 Å². The number of fused-ring (bicyclic) bond motifs is 2. The van der Waals surface area contributed by atoms with Gasteiger partial charge in [-0.3, -0.25) is 19.1 Å². The Morgan fingerprint density at radius 3 is 2.63 bits per heavy atom. The molecule has 2 fully saturated rings. The van der Waals surface area contributed by atoms with Gasteiger partial charge in [-0.05, 0) is 69.6 Å². The van der Waals surface area contributed by atoms with Gasteiger partial charge in [0.25, 0.3) is 5.91 Å². The molecule has 3 aliphatic rings. The summed E-state index contributed by atoms with van der Waals surface area (Å²) in [7, 11) is -2.26. The standard InChI is InChI=1S/C37H48N6O7S/c1-23(2)28-17-19-43(41-28)32-21-31(27-15-16-30(49-4)24(3)34(27)39-32)50-20-18-29-35(45)40-37(36(46)42-51(47,48)26-12-10-13-26)22-25(37)11-8-6-5-7-9-14-33(44)38-29/h8,11,15-17,19,21,23,25-26,29H,5-7,9-10,12-14,18,20,22H2,1-4H3,(H,38,44)(H,40,45)(H,42,46)/t25-,29+,37-/m1/s1. The molecule has 1 aromatic carbocycles. The summed E-state index contributed by atoms with van der Waals surface area (Å²) in [6.07, 6.45) is 11.3. The molecule has 1 aliphatic heterocycles. The molecule has 274 valence electrons. The van der Waals surface area contributed by atoms with Crippen LogP contribution >= 0.6 is 0 Å². The maximum atomic E-state index is 13.9. The highest BCUT2D eigenvalue weighted by atomic mass is 32.2. The van der Waals surface area contributed by atoms with Crippen molar-refractivity contribution in [2.75, 3.05) is 13.7 Å². The number of carbonyl (C=O) groups is 3. The molecule has 6 rings (SSSR count). The van der Waals surface area contributed by atoms with E-state index in [1.807, 2.05) is 43.5 Å². The Kier molecular flexibility index (Phi) is 10.7. The number of amides is 3. The number of aryl methyl sites for hydroxylation is 1. The minimum Gasteiger partial charge on any atom is -0.496 e.